The maximum atomic E-state index is 12.2. The summed E-state index contributed by atoms with van der Waals surface area (Å²) in [6.07, 6.45) is 33.1. The summed E-state index contributed by atoms with van der Waals surface area (Å²) in [7, 11) is 0. The molecule has 2 N–H and O–H groups in total. The van der Waals surface area contributed by atoms with Gasteiger partial charge in [0, 0.05) is 16.9 Å². The molecule has 0 saturated heterocycles. The van der Waals surface area contributed by atoms with E-state index < -0.39 is 5.41 Å². The van der Waals surface area contributed by atoms with Gasteiger partial charge in [0.05, 0.1) is 6.10 Å². The van der Waals surface area contributed by atoms with Gasteiger partial charge in [-0.3, -0.25) is 4.79 Å². The molecule has 0 fully saturated rings. The highest BCUT2D eigenvalue weighted by Crippen LogP contribution is 2.42. The molecule has 0 amide bonds. The normalized spacial score (nSPS) is 24.4. The molecule has 230 valence electrons. The summed E-state index contributed by atoms with van der Waals surface area (Å²) in [6.45, 7) is 20.6. The minimum absolute atomic E-state index is 0.0457. The predicted octanol–water partition coefficient (Wildman–Crippen LogP) is 10.3. The van der Waals surface area contributed by atoms with E-state index in [0.29, 0.717) is 11.5 Å². The summed E-state index contributed by atoms with van der Waals surface area (Å²) in [5.74, 6) is -0.141. The highest BCUT2D eigenvalue weighted by Gasteiger charge is 2.34. The van der Waals surface area contributed by atoms with Crippen LogP contribution < -0.4 is 0 Å². The molecule has 2 rings (SSSR count). The van der Waals surface area contributed by atoms with E-state index in [-0.39, 0.29) is 23.1 Å². The molecule has 2 aliphatic rings. The average molecular weight is 581 g/mol. The number of hydrogen-bond donors (Lipinski definition) is 2. The van der Waals surface area contributed by atoms with E-state index in [0.717, 1.165) is 28.7 Å². The lowest BCUT2D eigenvalue weighted by Crippen LogP contribution is -2.32. The van der Waals surface area contributed by atoms with Gasteiger partial charge in [0.1, 0.15) is 0 Å². The van der Waals surface area contributed by atoms with Crippen molar-refractivity contribution in [1.82, 2.24) is 0 Å². The number of aliphatic hydroxyl groups is 2. The van der Waals surface area contributed by atoms with Crippen molar-refractivity contribution < 1.29 is 15.0 Å². The molecule has 3 heteroatoms. The van der Waals surface area contributed by atoms with E-state index in [1.54, 1.807) is 13.0 Å². The fourth-order valence-corrected chi connectivity index (χ4v) is 5.59. The quantitative estimate of drug-likeness (QED) is 0.200. The lowest BCUT2D eigenvalue weighted by atomic mass is 9.67. The molecular weight excluding hydrogens is 528 g/mol. The maximum absolute atomic E-state index is 12.2. The summed E-state index contributed by atoms with van der Waals surface area (Å²) >= 11 is 0. The molecule has 0 spiro atoms. The third kappa shape index (κ3) is 11.1. The van der Waals surface area contributed by atoms with E-state index >= 15 is 0 Å². The Morgan fingerprint density at radius 1 is 0.791 bits per heavy atom. The molecule has 0 heterocycles. The average Bonchev–Trinajstić information content (AvgIpc) is 2.88. The van der Waals surface area contributed by atoms with Crippen molar-refractivity contribution in [3.8, 4) is 0 Å². The van der Waals surface area contributed by atoms with Gasteiger partial charge < -0.3 is 10.2 Å². The van der Waals surface area contributed by atoms with Gasteiger partial charge in [-0.15, -0.1) is 0 Å². The second kappa shape index (κ2) is 15.7. The van der Waals surface area contributed by atoms with E-state index in [1.807, 2.05) is 63.3 Å². The molecule has 2 atom stereocenters. The number of allylic oxidation sites excluding steroid dienone is 22. The largest absolute Gasteiger partial charge is 0.504 e. The predicted molar refractivity (Wildman–Crippen MR) is 185 cm³/mol. The van der Waals surface area contributed by atoms with Crippen LogP contribution in [-0.4, -0.2) is 22.1 Å². The zero-order valence-electron chi connectivity index (χ0n) is 27.9. The molecule has 43 heavy (non-hydrogen) atoms. The Hall–Kier alpha value is -3.69. The zero-order valence-corrected chi connectivity index (χ0v) is 27.9. The first-order valence-electron chi connectivity index (χ1n) is 15.2. The highest BCUT2D eigenvalue weighted by molar-refractivity contribution is 6.08. The van der Waals surface area contributed by atoms with Crippen LogP contribution in [0.5, 0.6) is 0 Å². The Balaban J connectivity index is 1.92. The third-order valence-electron chi connectivity index (χ3n) is 8.02. The van der Waals surface area contributed by atoms with Crippen LogP contribution in [0.25, 0.3) is 0 Å². The minimum atomic E-state index is -0.397. The van der Waals surface area contributed by atoms with Crippen LogP contribution in [0.3, 0.4) is 0 Å². The summed E-state index contributed by atoms with van der Waals surface area (Å²) in [4.78, 5) is 12.2. The fraction of sp³-hybridized carbons (Fsp3) is 0.375. The topological polar surface area (TPSA) is 57.5 Å². The Labute approximate surface area is 260 Å². The number of ketones is 1. The van der Waals surface area contributed by atoms with E-state index in [9.17, 15) is 15.0 Å². The fourth-order valence-electron chi connectivity index (χ4n) is 5.59. The first-order valence-corrected chi connectivity index (χ1v) is 15.2. The third-order valence-corrected chi connectivity index (χ3v) is 8.02. The summed E-state index contributed by atoms with van der Waals surface area (Å²) in [6, 6.07) is 0. The van der Waals surface area contributed by atoms with Gasteiger partial charge in [0.25, 0.3) is 0 Å². The molecule has 2 aliphatic carbocycles. The monoisotopic (exact) mass is 580 g/mol. The first-order chi connectivity index (χ1) is 20.0. The highest BCUT2D eigenvalue weighted by atomic mass is 16.3. The smallest absolute Gasteiger partial charge is 0.222 e. The van der Waals surface area contributed by atoms with Crippen molar-refractivity contribution in [2.75, 3.05) is 0 Å². The second-order valence-electron chi connectivity index (χ2n) is 13.2. The van der Waals surface area contributed by atoms with E-state index in [4.69, 9.17) is 0 Å². The van der Waals surface area contributed by atoms with Crippen molar-refractivity contribution in [3.63, 3.8) is 0 Å². The molecule has 0 saturated carbocycles. The summed E-state index contributed by atoms with van der Waals surface area (Å²) < 4.78 is 0. The second-order valence-corrected chi connectivity index (χ2v) is 13.2. The molecule has 0 aromatic carbocycles. The Morgan fingerprint density at radius 2 is 1.28 bits per heavy atom. The molecule has 3 nitrogen and oxygen atoms in total. The Kier molecular flexibility index (Phi) is 13.0. The summed E-state index contributed by atoms with van der Waals surface area (Å²) in [5, 5.41) is 19.9. The van der Waals surface area contributed by atoms with E-state index in [2.05, 4.69) is 90.2 Å². The number of hydrogen-bond acceptors (Lipinski definition) is 3. The van der Waals surface area contributed by atoms with Crippen molar-refractivity contribution in [1.29, 1.82) is 0 Å². The molecule has 2 unspecified atom stereocenters. The minimum Gasteiger partial charge on any atom is -0.504 e. The van der Waals surface area contributed by atoms with Crippen LogP contribution in [0.1, 0.15) is 75.7 Å². The van der Waals surface area contributed by atoms with Crippen LogP contribution in [0.4, 0.5) is 0 Å². The Bertz CT molecular complexity index is 1420. The van der Waals surface area contributed by atoms with Crippen molar-refractivity contribution in [2.45, 2.75) is 81.8 Å². The van der Waals surface area contributed by atoms with Crippen LogP contribution in [0.2, 0.25) is 0 Å². The SMILES string of the molecule is CC(C=CC=C(C)C=CC1=C(C)C(=O)C(O)=CC1(C)C)=CC=CC=C(C)C=CC=C(C)C=CC1C(C)=CC(O)CC1(C)C. The number of carbonyl (C=O) groups is 1. The standard InChI is InChI=1S/C40H52O3/c1-28(17-13-19-30(3)21-23-35-32(5)25-34(41)26-39(35,7)8)15-11-12-16-29(2)18-14-20-31(4)22-24-36-33(6)38(43)37(42)27-40(36,9)10/h11-25,27,34-35,41-42H,26H2,1-10H3. The van der Waals surface area contributed by atoms with Crippen molar-refractivity contribution in [3.05, 3.63) is 142 Å². The van der Waals surface area contributed by atoms with Crippen LogP contribution in [0, 0.1) is 16.7 Å². The zero-order chi connectivity index (χ0) is 32.4. The molecule has 0 aliphatic heterocycles. The van der Waals surface area contributed by atoms with Gasteiger partial charge in [-0.25, -0.2) is 0 Å². The van der Waals surface area contributed by atoms with Gasteiger partial charge in [0.2, 0.25) is 5.78 Å². The molecule has 0 radical (unpaired) electrons. The van der Waals surface area contributed by atoms with Crippen molar-refractivity contribution >= 4 is 5.78 Å². The maximum Gasteiger partial charge on any atom is 0.222 e. The van der Waals surface area contributed by atoms with Gasteiger partial charge in [-0.2, -0.15) is 0 Å². The van der Waals surface area contributed by atoms with Crippen molar-refractivity contribution in [2.24, 2.45) is 16.7 Å². The molecular formula is C40H52O3. The lowest BCUT2D eigenvalue weighted by molar-refractivity contribution is -0.114. The molecule has 0 aromatic rings. The van der Waals surface area contributed by atoms with E-state index in [1.165, 1.54) is 11.1 Å². The number of aliphatic hydroxyl groups excluding tert-OH is 2. The van der Waals surface area contributed by atoms with Crippen LogP contribution in [0.15, 0.2) is 142 Å². The number of carbonyl (C=O) groups excluding carboxylic acids is 1. The van der Waals surface area contributed by atoms with Gasteiger partial charge in [-0.05, 0) is 65.0 Å². The lowest BCUT2D eigenvalue weighted by Gasteiger charge is -2.38. The molecule has 0 aromatic heterocycles. The van der Waals surface area contributed by atoms with Gasteiger partial charge in [0.15, 0.2) is 5.76 Å². The van der Waals surface area contributed by atoms with Crippen LogP contribution in [-0.2, 0) is 4.79 Å². The number of rotatable bonds is 10. The van der Waals surface area contributed by atoms with Gasteiger partial charge in [-0.1, -0.05) is 147 Å². The van der Waals surface area contributed by atoms with Crippen LogP contribution >= 0.6 is 0 Å². The van der Waals surface area contributed by atoms with Gasteiger partial charge >= 0.3 is 0 Å². The molecule has 0 bridgehead atoms. The summed E-state index contributed by atoms with van der Waals surface area (Å²) in [5.41, 5.74) is 6.95. The Morgan fingerprint density at radius 3 is 1.81 bits per heavy atom. The first kappa shape index (κ1) is 35.5. The number of Topliss-reactive ketones (excluding diaryl/α,β-unsaturated/α-hetero) is 1.